The molecule has 1 aliphatic rings. The van der Waals surface area contributed by atoms with Crippen molar-refractivity contribution in [2.24, 2.45) is 0 Å². The third-order valence-corrected chi connectivity index (χ3v) is 4.41. The number of rotatable bonds is 3. The number of ether oxygens (including phenoxy) is 1. The van der Waals surface area contributed by atoms with Crippen LogP contribution in [-0.4, -0.2) is 24.6 Å². The first-order valence-corrected chi connectivity index (χ1v) is 8.44. The highest BCUT2D eigenvalue weighted by atomic mass is 16.5. The smallest absolute Gasteiger partial charge is 0.243 e. The molecule has 25 heavy (non-hydrogen) atoms. The maximum absolute atomic E-state index is 12.6. The van der Waals surface area contributed by atoms with Crippen molar-refractivity contribution >= 4 is 23.0 Å². The van der Waals surface area contributed by atoms with Crippen molar-refractivity contribution in [3.05, 3.63) is 47.5 Å². The van der Waals surface area contributed by atoms with Crippen LogP contribution in [0, 0.1) is 13.8 Å². The Bertz CT molecular complexity index is 815. The normalized spacial score (nSPS) is 15.3. The van der Waals surface area contributed by atoms with E-state index in [9.17, 15) is 4.79 Å². The highest BCUT2D eigenvalue weighted by Gasteiger charge is 2.32. The van der Waals surface area contributed by atoms with Crippen LogP contribution in [0.1, 0.15) is 25.0 Å². The first kappa shape index (κ1) is 17.1. The molecule has 2 aromatic rings. The number of fused-ring (bicyclic) bond motifs is 1. The molecule has 0 unspecified atom stereocenters. The second-order valence-corrected chi connectivity index (χ2v) is 7.29. The average Bonchev–Trinajstić information content (AvgIpc) is 2.51. The Labute approximate surface area is 148 Å². The SMILES string of the molecule is Cc1ccc(NC(=O)CN2CC(C)(C)Oc3ccc(N)cc32)cc1C. The van der Waals surface area contributed by atoms with Gasteiger partial charge in [0.2, 0.25) is 5.91 Å². The van der Waals surface area contributed by atoms with E-state index >= 15 is 0 Å². The lowest BCUT2D eigenvalue weighted by Crippen LogP contribution is -2.49. The van der Waals surface area contributed by atoms with Crippen LogP contribution in [0.3, 0.4) is 0 Å². The number of carbonyl (C=O) groups excluding carboxylic acids is 1. The third-order valence-electron chi connectivity index (χ3n) is 4.41. The number of nitrogens with zero attached hydrogens (tertiary/aromatic N) is 1. The van der Waals surface area contributed by atoms with Gasteiger partial charge < -0.3 is 20.7 Å². The van der Waals surface area contributed by atoms with Crippen molar-refractivity contribution in [2.75, 3.05) is 29.0 Å². The molecule has 0 radical (unpaired) electrons. The summed E-state index contributed by atoms with van der Waals surface area (Å²) >= 11 is 0. The molecule has 0 saturated carbocycles. The molecule has 3 rings (SSSR count). The lowest BCUT2D eigenvalue weighted by atomic mass is 10.0. The van der Waals surface area contributed by atoms with Gasteiger partial charge >= 0.3 is 0 Å². The van der Waals surface area contributed by atoms with Crippen LogP contribution in [0.2, 0.25) is 0 Å². The standard InChI is InChI=1S/C20H25N3O2/c1-13-5-7-16(9-14(13)2)22-19(24)11-23-12-20(3,4)25-18-8-6-15(21)10-17(18)23/h5-10H,11-12,21H2,1-4H3,(H,22,24). The highest BCUT2D eigenvalue weighted by molar-refractivity contribution is 5.94. The molecular formula is C20H25N3O2. The van der Waals surface area contributed by atoms with Crippen LogP contribution < -0.4 is 20.7 Å². The Balaban J connectivity index is 1.78. The lowest BCUT2D eigenvalue weighted by molar-refractivity contribution is -0.115. The van der Waals surface area contributed by atoms with Gasteiger partial charge in [-0.2, -0.15) is 0 Å². The fourth-order valence-corrected chi connectivity index (χ4v) is 3.08. The minimum Gasteiger partial charge on any atom is -0.484 e. The van der Waals surface area contributed by atoms with Crippen LogP contribution in [0.25, 0.3) is 0 Å². The van der Waals surface area contributed by atoms with E-state index in [4.69, 9.17) is 10.5 Å². The molecule has 3 N–H and O–H groups in total. The number of carbonyl (C=O) groups is 1. The summed E-state index contributed by atoms with van der Waals surface area (Å²) in [5.74, 6) is 0.693. The Morgan fingerprint density at radius 1 is 1.20 bits per heavy atom. The van der Waals surface area contributed by atoms with Gasteiger partial charge in [0.15, 0.2) is 0 Å². The number of hydrogen-bond acceptors (Lipinski definition) is 4. The van der Waals surface area contributed by atoms with Gasteiger partial charge in [-0.15, -0.1) is 0 Å². The Morgan fingerprint density at radius 2 is 1.96 bits per heavy atom. The first-order chi connectivity index (χ1) is 11.7. The third kappa shape index (κ3) is 3.87. The van der Waals surface area contributed by atoms with E-state index in [1.54, 1.807) is 0 Å². The maximum Gasteiger partial charge on any atom is 0.243 e. The van der Waals surface area contributed by atoms with Crippen LogP contribution in [0.15, 0.2) is 36.4 Å². The average molecular weight is 339 g/mol. The van der Waals surface area contributed by atoms with Crippen molar-refractivity contribution < 1.29 is 9.53 Å². The molecule has 0 bridgehead atoms. The van der Waals surface area contributed by atoms with Gasteiger partial charge in [-0.3, -0.25) is 4.79 Å². The zero-order valence-corrected chi connectivity index (χ0v) is 15.2. The van der Waals surface area contributed by atoms with Gasteiger partial charge in [-0.1, -0.05) is 6.07 Å². The largest absolute Gasteiger partial charge is 0.484 e. The van der Waals surface area contributed by atoms with Gasteiger partial charge in [0.1, 0.15) is 11.4 Å². The maximum atomic E-state index is 12.6. The number of nitrogen functional groups attached to an aromatic ring is 1. The summed E-state index contributed by atoms with van der Waals surface area (Å²) in [6, 6.07) is 11.5. The van der Waals surface area contributed by atoms with Gasteiger partial charge in [0.25, 0.3) is 0 Å². The molecule has 0 saturated heterocycles. The molecule has 2 aromatic carbocycles. The van der Waals surface area contributed by atoms with Gasteiger partial charge in [0.05, 0.1) is 18.8 Å². The van der Waals surface area contributed by atoms with Gasteiger partial charge in [-0.25, -0.2) is 0 Å². The number of nitrogens with two attached hydrogens (primary N) is 1. The second-order valence-electron chi connectivity index (χ2n) is 7.29. The van der Waals surface area contributed by atoms with E-state index in [1.165, 1.54) is 5.56 Å². The monoisotopic (exact) mass is 339 g/mol. The molecule has 1 aliphatic heterocycles. The first-order valence-electron chi connectivity index (χ1n) is 8.44. The highest BCUT2D eigenvalue weighted by Crippen LogP contribution is 2.38. The summed E-state index contributed by atoms with van der Waals surface area (Å²) in [4.78, 5) is 14.6. The molecule has 0 atom stereocenters. The van der Waals surface area contributed by atoms with Crippen LogP contribution in [0.5, 0.6) is 5.75 Å². The quantitative estimate of drug-likeness (QED) is 0.840. The molecule has 1 heterocycles. The van der Waals surface area contributed by atoms with Crippen LogP contribution >= 0.6 is 0 Å². The predicted octanol–water partition coefficient (Wildman–Crippen LogP) is 3.50. The molecular weight excluding hydrogens is 314 g/mol. The van der Waals surface area contributed by atoms with Gasteiger partial charge in [0, 0.05) is 11.4 Å². The Kier molecular flexibility index (Phi) is 4.33. The summed E-state index contributed by atoms with van der Waals surface area (Å²) in [6.45, 7) is 8.98. The topological polar surface area (TPSA) is 67.6 Å². The van der Waals surface area contributed by atoms with E-state index in [0.717, 1.165) is 22.7 Å². The van der Waals surface area contributed by atoms with Gasteiger partial charge in [-0.05, 0) is 69.2 Å². The summed E-state index contributed by atoms with van der Waals surface area (Å²) in [5, 5.41) is 2.98. The van der Waals surface area contributed by atoms with Crippen molar-refractivity contribution in [3.8, 4) is 5.75 Å². The lowest BCUT2D eigenvalue weighted by Gasteiger charge is -2.40. The van der Waals surface area contributed by atoms with Crippen molar-refractivity contribution in [1.29, 1.82) is 0 Å². The van der Waals surface area contributed by atoms with E-state index in [2.05, 4.69) is 12.2 Å². The minimum absolute atomic E-state index is 0.0608. The van der Waals surface area contributed by atoms with E-state index in [1.807, 2.05) is 62.1 Å². The van der Waals surface area contributed by atoms with E-state index in [-0.39, 0.29) is 18.1 Å². The number of nitrogens with one attached hydrogen (secondary N) is 1. The fourth-order valence-electron chi connectivity index (χ4n) is 3.08. The number of amides is 1. The number of benzene rings is 2. The minimum atomic E-state index is -0.371. The zero-order valence-electron chi connectivity index (χ0n) is 15.2. The predicted molar refractivity (Wildman–Crippen MR) is 102 cm³/mol. The second kappa shape index (κ2) is 6.31. The zero-order chi connectivity index (χ0) is 18.2. The summed E-state index contributed by atoms with van der Waals surface area (Å²) in [5.41, 5.74) is 10.2. The number of anilines is 3. The number of aryl methyl sites for hydroxylation is 2. The molecule has 5 nitrogen and oxygen atoms in total. The molecule has 132 valence electrons. The Hall–Kier alpha value is -2.69. The van der Waals surface area contributed by atoms with Crippen molar-refractivity contribution in [1.82, 2.24) is 0 Å². The molecule has 0 fully saturated rings. The summed E-state index contributed by atoms with van der Waals surface area (Å²) in [6.07, 6.45) is 0. The molecule has 0 aliphatic carbocycles. The molecule has 0 spiro atoms. The molecule has 0 aromatic heterocycles. The van der Waals surface area contributed by atoms with Crippen molar-refractivity contribution in [2.45, 2.75) is 33.3 Å². The summed E-state index contributed by atoms with van der Waals surface area (Å²) < 4.78 is 6.00. The summed E-state index contributed by atoms with van der Waals surface area (Å²) in [7, 11) is 0. The van der Waals surface area contributed by atoms with Crippen molar-refractivity contribution in [3.63, 3.8) is 0 Å². The number of hydrogen-bond donors (Lipinski definition) is 2. The van der Waals surface area contributed by atoms with E-state index < -0.39 is 0 Å². The fraction of sp³-hybridized carbons (Fsp3) is 0.350. The Morgan fingerprint density at radius 3 is 2.68 bits per heavy atom. The van der Waals surface area contributed by atoms with Crippen LogP contribution in [0.4, 0.5) is 17.1 Å². The van der Waals surface area contributed by atoms with Crippen LogP contribution in [-0.2, 0) is 4.79 Å². The molecule has 5 heteroatoms. The van der Waals surface area contributed by atoms with E-state index in [0.29, 0.717) is 12.2 Å². The molecule has 1 amide bonds.